The van der Waals surface area contributed by atoms with Gasteiger partial charge in [-0.15, -0.1) is 0 Å². The minimum Gasteiger partial charge on any atom is -0.497 e. The van der Waals surface area contributed by atoms with Crippen molar-refractivity contribution in [2.75, 3.05) is 14.2 Å². The lowest BCUT2D eigenvalue weighted by atomic mass is 10.0. The van der Waals surface area contributed by atoms with Crippen molar-refractivity contribution in [1.82, 2.24) is 0 Å². The molecular formula is C24H21FO6. The molecule has 0 aromatic heterocycles. The molecule has 3 aromatic carbocycles. The van der Waals surface area contributed by atoms with E-state index in [2.05, 4.69) is 4.74 Å². The fourth-order valence-corrected chi connectivity index (χ4v) is 2.95. The topological polar surface area (TPSA) is 82.1 Å². The molecule has 0 heterocycles. The zero-order chi connectivity index (χ0) is 22.4. The molecule has 3 rings (SSSR count). The maximum absolute atomic E-state index is 14.1. The highest BCUT2D eigenvalue weighted by Crippen LogP contribution is 2.28. The van der Waals surface area contributed by atoms with Gasteiger partial charge in [-0.05, 0) is 53.6 Å². The second kappa shape index (κ2) is 9.86. The summed E-state index contributed by atoms with van der Waals surface area (Å²) in [5, 5.41) is 10.1. The molecule has 0 unspecified atom stereocenters. The number of halogens is 1. The van der Waals surface area contributed by atoms with Gasteiger partial charge in [0.2, 0.25) is 0 Å². The van der Waals surface area contributed by atoms with Crippen LogP contribution in [0.25, 0.3) is 11.1 Å². The highest BCUT2D eigenvalue weighted by atomic mass is 19.1. The average molecular weight is 424 g/mol. The molecule has 0 aliphatic rings. The van der Waals surface area contributed by atoms with Gasteiger partial charge in [-0.3, -0.25) is 4.79 Å². The lowest BCUT2D eigenvalue weighted by molar-refractivity contribution is -0.142. The zero-order valence-corrected chi connectivity index (χ0v) is 17.0. The van der Waals surface area contributed by atoms with E-state index in [1.54, 1.807) is 36.4 Å². The largest absolute Gasteiger partial charge is 0.497 e. The number of benzene rings is 3. The standard InChI is InChI=1S/C24H21FO6/c1-29-18-10-11-21(25)20(13-18)15-6-8-16(9-7-15)24(28)31-19-5-3-4-17(12-19)22(26)14-23(27)30-2/h3-13,22,26H,14H2,1-2H3/t22-/m1/s1. The smallest absolute Gasteiger partial charge is 0.343 e. The fraction of sp³-hybridized carbons (Fsp3) is 0.167. The van der Waals surface area contributed by atoms with Crippen LogP contribution >= 0.6 is 0 Å². The normalized spacial score (nSPS) is 11.5. The monoisotopic (exact) mass is 424 g/mol. The van der Waals surface area contributed by atoms with Crippen LogP contribution in [-0.2, 0) is 9.53 Å². The summed E-state index contributed by atoms with van der Waals surface area (Å²) < 4.78 is 29.2. The Morgan fingerprint density at radius 1 is 0.968 bits per heavy atom. The third-order valence-corrected chi connectivity index (χ3v) is 4.65. The first-order chi connectivity index (χ1) is 14.9. The molecular weight excluding hydrogens is 403 g/mol. The Morgan fingerprint density at radius 3 is 2.39 bits per heavy atom. The Kier molecular flexibility index (Phi) is 6.99. The number of aliphatic hydroxyl groups excluding tert-OH is 1. The van der Waals surface area contributed by atoms with Gasteiger partial charge in [0.15, 0.2) is 0 Å². The number of carbonyl (C=O) groups excluding carboxylic acids is 2. The molecule has 0 saturated heterocycles. The number of ether oxygens (including phenoxy) is 3. The lowest BCUT2D eigenvalue weighted by Gasteiger charge is -2.11. The van der Waals surface area contributed by atoms with Crippen molar-refractivity contribution in [2.45, 2.75) is 12.5 Å². The summed E-state index contributed by atoms with van der Waals surface area (Å²) in [6.07, 6.45) is -1.29. The summed E-state index contributed by atoms with van der Waals surface area (Å²) in [6.45, 7) is 0. The Morgan fingerprint density at radius 2 is 1.71 bits per heavy atom. The van der Waals surface area contributed by atoms with Crippen LogP contribution in [0.1, 0.15) is 28.4 Å². The van der Waals surface area contributed by atoms with E-state index in [0.29, 0.717) is 22.4 Å². The predicted octanol–water partition coefficient (Wildman–Crippen LogP) is 4.32. The first kappa shape index (κ1) is 22.0. The summed E-state index contributed by atoms with van der Waals surface area (Å²) in [5.74, 6) is -0.832. The van der Waals surface area contributed by atoms with Crippen LogP contribution in [0.4, 0.5) is 4.39 Å². The summed E-state index contributed by atoms with van der Waals surface area (Å²) in [7, 11) is 2.74. The molecule has 0 spiro atoms. The van der Waals surface area contributed by atoms with Gasteiger partial charge in [-0.25, -0.2) is 9.18 Å². The lowest BCUT2D eigenvalue weighted by Crippen LogP contribution is -2.10. The van der Waals surface area contributed by atoms with Gasteiger partial charge in [-0.1, -0.05) is 24.3 Å². The second-order valence-electron chi connectivity index (χ2n) is 6.68. The Hall–Kier alpha value is -3.71. The molecule has 0 fully saturated rings. The zero-order valence-electron chi connectivity index (χ0n) is 17.0. The molecule has 7 heteroatoms. The van der Waals surface area contributed by atoms with Crippen LogP contribution < -0.4 is 9.47 Å². The van der Waals surface area contributed by atoms with Gasteiger partial charge in [-0.2, -0.15) is 0 Å². The van der Waals surface area contributed by atoms with Crippen molar-refractivity contribution in [3.05, 3.63) is 83.7 Å². The number of methoxy groups -OCH3 is 2. The summed E-state index contributed by atoms with van der Waals surface area (Å²) in [5.41, 5.74) is 1.62. The maximum atomic E-state index is 14.1. The van der Waals surface area contributed by atoms with Gasteiger partial charge in [0.25, 0.3) is 0 Å². The van der Waals surface area contributed by atoms with Crippen LogP contribution in [0.3, 0.4) is 0 Å². The summed E-state index contributed by atoms with van der Waals surface area (Å²) in [4.78, 5) is 23.8. The second-order valence-corrected chi connectivity index (χ2v) is 6.68. The third kappa shape index (κ3) is 5.46. The Bertz CT molecular complexity index is 1080. The molecule has 1 atom stereocenters. The molecule has 6 nitrogen and oxygen atoms in total. The average Bonchev–Trinajstić information content (AvgIpc) is 2.79. The fourth-order valence-electron chi connectivity index (χ4n) is 2.95. The summed E-state index contributed by atoms with van der Waals surface area (Å²) >= 11 is 0. The van der Waals surface area contributed by atoms with Gasteiger partial charge >= 0.3 is 11.9 Å². The predicted molar refractivity (Wildman–Crippen MR) is 111 cm³/mol. The molecule has 0 aliphatic carbocycles. The Balaban J connectivity index is 1.73. The van der Waals surface area contributed by atoms with Crippen molar-refractivity contribution in [2.24, 2.45) is 0 Å². The molecule has 31 heavy (non-hydrogen) atoms. The quantitative estimate of drug-likeness (QED) is 0.449. The van der Waals surface area contributed by atoms with Crippen molar-refractivity contribution in [3.63, 3.8) is 0 Å². The van der Waals surface area contributed by atoms with E-state index in [1.165, 1.54) is 44.6 Å². The number of hydrogen-bond acceptors (Lipinski definition) is 6. The van der Waals surface area contributed by atoms with Crippen LogP contribution in [0, 0.1) is 5.82 Å². The number of rotatable bonds is 7. The van der Waals surface area contributed by atoms with E-state index in [9.17, 15) is 19.1 Å². The van der Waals surface area contributed by atoms with Gasteiger partial charge in [0.05, 0.1) is 32.3 Å². The molecule has 3 aromatic rings. The highest BCUT2D eigenvalue weighted by Gasteiger charge is 2.16. The van der Waals surface area contributed by atoms with Crippen LogP contribution in [-0.4, -0.2) is 31.3 Å². The van der Waals surface area contributed by atoms with Gasteiger partial charge in [0.1, 0.15) is 17.3 Å². The van der Waals surface area contributed by atoms with E-state index in [4.69, 9.17) is 9.47 Å². The maximum Gasteiger partial charge on any atom is 0.343 e. The first-order valence-corrected chi connectivity index (χ1v) is 9.42. The van der Waals surface area contributed by atoms with Gasteiger partial charge < -0.3 is 19.3 Å². The summed E-state index contributed by atoms with van der Waals surface area (Å²) in [6, 6.07) is 17.0. The highest BCUT2D eigenvalue weighted by molar-refractivity contribution is 5.91. The van der Waals surface area contributed by atoms with Crippen molar-refractivity contribution >= 4 is 11.9 Å². The number of carbonyl (C=O) groups is 2. The van der Waals surface area contributed by atoms with Gasteiger partial charge in [0, 0.05) is 5.56 Å². The molecule has 1 N–H and O–H groups in total. The molecule has 0 radical (unpaired) electrons. The van der Waals surface area contributed by atoms with E-state index in [0.717, 1.165) is 0 Å². The SMILES string of the molecule is COC(=O)C[C@@H](O)c1cccc(OC(=O)c2ccc(-c3cc(OC)ccc3F)cc2)c1. The first-order valence-electron chi connectivity index (χ1n) is 9.42. The van der Waals surface area contributed by atoms with Crippen LogP contribution in [0.15, 0.2) is 66.7 Å². The Labute approximate surface area is 178 Å². The van der Waals surface area contributed by atoms with E-state index >= 15 is 0 Å². The third-order valence-electron chi connectivity index (χ3n) is 4.65. The molecule has 160 valence electrons. The van der Waals surface area contributed by atoms with Crippen LogP contribution in [0.2, 0.25) is 0 Å². The molecule has 0 aliphatic heterocycles. The van der Waals surface area contributed by atoms with Crippen molar-refractivity contribution in [3.8, 4) is 22.6 Å². The minimum absolute atomic E-state index is 0.212. The van der Waals surface area contributed by atoms with E-state index in [1.807, 2.05) is 0 Å². The van der Waals surface area contributed by atoms with Crippen molar-refractivity contribution < 1.29 is 33.3 Å². The van der Waals surface area contributed by atoms with E-state index in [-0.39, 0.29) is 17.7 Å². The van der Waals surface area contributed by atoms with E-state index < -0.39 is 23.9 Å². The molecule has 0 amide bonds. The molecule has 0 saturated carbocycles. The van der Waals surface area contributed by atoms with Crippen molar-refractivity contribution in [1.29, 1.82) is 0 Å². The number of hydrogen-bond donors (Lipinski definition) is 1. The number of aliphatic hydroxyl groups is 1. The molecule has 0 bridgehead atoms. The minimum atomic E-state index is -1.08. The number of esters is 2. The van der Waals surface area contributed by atoms with Crippen LogP contribution in [0.5, 0.6) is 11.5 Å².